The Morgan fingerprint density at radius 1 is 1.03 bits per heavy atom. The molecule has 1 aliphatic rings. The Morgan fingerprint density at radius 2 is 1.76 bits per heavy atom. The number of nitrogens with zero attached hydrogens (tertiary/aromatic N) is 6. The first-order chi connectivity index (χ1) is 16.5. The minimum atomic E-state index is 0.0488. The molecule has 0 atom stereocenters. The number of hydrogen-bond donors (Lipinski definition) is 0. The predicted octanol–water partition coefficient (Wildman–Crippen LogP) is 4.68. The summed E-state index contributed by atoms with van der Waals surface area (Å²) in [7, 11) is 0. The molecule has 3 heterocycles. The van der Waals surface area contributed by atoms with Crippen LogP contribution in [0, 0.1) is 0 Å². The van der Waals surface area contributed by atoms with E-state index in [2.05, 4.69) is 14.8 Å². The number of carbonyl (C=O) groups excluding carboxylic acids is 1. The van der Waals surface area contributed by atoms with Gasteiger partial charge in [-0.25, -0.2) is 4.98 Å². The second-order valence-corrected chi connectivity index (χ2v) is 9.00. The van der Waals surface area contributed by atoms with Crippen LogP contribution in [0.15, 0.2) is 48.9 Å². The van der Waals surface area contributed by atoms with Crippen LogP contribution in [0.5, 0.6) is 0 Å². The number of anilines is 1. The van der Waals surface area contributed by atoms with Crippen molar-refractivity contribution in [2.75, 3.05) is 50.2 Å². The van der Waals surface area contributed by atoms with Crippen molar-refractivity contribution in [1.82, 2.24) is 24.8 Å². The lowest BCUT2D eigenvalue weighted by Gasteiger charge is -2.35. The molecule has 1 saturated heterocycles. The number of aromatic nitrogens is 3. The summed E-state index contributed by atoms with van der Waals surface area (Å²) in [6.45, 7) is 5.87. The fourth-order valence-electron chi connectivity index (χ4n) is 3.86. The summed E-state index contributed by atoms with van der Waals surface area (Å²) in [6.07, 6.45) is 5.08. The fourth-order valence-corrected chi connectivity index (χ4v) is 4.50. The second kappa shape index (κ2) is 11.3. The molecule has 34 heavy (non-hydrogen) atoms. The van der Waals surface area contributed by atoms with Crippen molar-refractivity contribution in [3.8, 4) is 22.5 Å². The number of alkyl halides is 1. The topological polar surface area (TPSA) is 65.5 Å². The van der Waals surface area contributed by atoms with Gasteiger partial charge in [0.1, 0.15) is 11.5 Å². The normalized spacial score (nSPS) is 14.3. The SMILES string of the molecule is CCN(CCl)C(=O)CN1CCN(c2cnc(-c3ccc(Cl)cc3)c(-c3ccncc3Cl)n2)CC1. The van der Waals surface area contributed by atoms with E-state index < -0.39 is 0 Å². The molecule has 4 rings (SSSR count). The number of pyridine rings is 1. The van der Waals surface area contributed by atoms with Crippen molar-refractivity contribution < 1.29 is 4.79 Å². The van der Waals surface area contributed by atoms with Gasteiger partial charge in [0.15, 0.2) is 0 Å². The van der Waals surface area contributed by atoms with Crippen LogP contribution in [-0.2, 0) is 4.79 Å². The number of carbonyl (C=O) groups is 1. The molecular formula is C24H25Cl3N6O. The Morgan fingerprint density at radius 3 is 2.41 bits per heavy atom. The van der Waals surface area contributed by atoms with Gasteiger partial charge in [-0.05, 0) is 25.1 Å². The zero-order valence-electron chi connectivity index (χ0n) is 18.8. The van der Waals surface area contributed by atoms with Crippen LogP contribution in [0.3, 0.4) is 0 Å². The average molecular weight is 520 g/mol. The van der Waals surface area contributed by atoms with Crippen LogP contribution < -0.4 is 4.90 Å². The Hall–Kier alpha value is -2.45. The fraction of sp³-hybridized carbons (Fsp3) is 0.333. The smallest absolute Gasteiger partial charge is 0.237 e. The van der Waals surface area contributed by atoms with Crippen LogP contribution in [0.1, 0.15) is 6.92 Å². The molecule has 3 aromatic rings. The predicted molar refractivity (Wildman–Crippen MR) is 137 cm³/mol. The summed E-state index contributed by atoms with van der Waals surface area (Å²) in [4.78, 5) is 32.2. The van der Waals surface area contributed by atoms with Gasteiger partial charge in [-0.1, -0.05) is 35.3 Å². The van der Waals surface area contributed by atoms with Crippen molar-refractivity contribution in [1.29, 1.82) is 0 Å². The van der Waals surface area contributed by atoms with E-state index >= 15 is 0 Å². The molecule has 7 nitrogen and oxygen atoms in total. The van der Waals surface area contributed by atoms with E-state index in [0.717, 1.165) is 48.8 Å². The van der Waals surface area contributed by atoms with Gasteiger partial charge in [0.2, 0.25) is 5.91 Å². The molecule has 2 aromatic heterocycles. The van der Waals surface area contributed by atoms with E-state index in [9.17, 15) is 4.79 Å². The maximum Gasteiger partial charge on any atom is 0.237 e. The van der Waals surface area contributed by atoms with Crippen LogP contribution in [0.2, 0.25) is 10.0 Å². The molecule has 1 aromatic carbocycles. The highest BCUT2D eigenvalue weighted by Crippen LogP contribution is 2.34. The lowest BCUT2D eigenvalue weighted by Crippen LogP contribution is -2.50. The maximum absolute atomic E-state index is 12.4. The Bertz CT molecular complexity index is 1130. The van der Waals surface area contributed by atoms with Crippen LogP contribution >= 0.6 is 34.8 Å². The van der Waals surface area contributed by atoms with Gasteiger partial charge < -0.3 is 9.80 Å². The minimum absolute atomic E-state index is 0.0488. The summed E-state index contributed by atoms with van der Waals surface area (Å²) < 4.78 is 0. The number of amides is 1. The summed E-state index contributed by atoms with van der Waals surface area (Å²) in [6, 6.07) is 9.55. The summed E-state index contributed by atoms with van der Waals surface area (Å²) in [5.74, 6) is 0.815. The molecule has 0 spiro atoms. The average Bonchev–Trinajstić information content (AvgIpc) is 2.86. The molecule has 0 N–H and O–H groups in total. The molecule has 0 radical (unpaired) electrons. The van der Waals surface area contributed by atoms with E-state index in [-0.39, 0.29) is 11.9 Å². The van der Waals surface area contributed by atoms with Crippen molar-refractivity contribution in [3.05, 3.63) is 59.0 Å². The maximum atomic E-state index is 12.4. The van der Waals surface area contributed by atoms with Crippen molar-refractivity contribution >= 4 is 46.5 Å². The molecular weight excluding hydrogens is 495 g/mol. The van der Waals surface area contributed by atoms with Crippen LogP contribution in [-0.4, -0.2) is 75.9 Å². The second-order valence-electron chi connectivity index (χ2n) is 7.92. The number of piperazine rings is 1. The van der Waals surface area contributed by atoms with Gasteiger partial charge in [-0.3, -0.25) is 19.7 Å². The van der Waals surface area contributed by atoms with E-state index in [1.54, 1.807) is 23.5 Å². The third-order valence-electron chi connectivity index (χ3n) is 5.84. The zero-order chi connectivity index (χ0) is 24.1. The van der Waals surface area contributed by atoms with Crippen molar-refractivity contribution in [2.45, 2.75) is 6.92 Å². The van der Waals surface area contributed by atoms with Crippen molar-refractivity contribution in [2.24, 2.45) is 0 Å². The van der Waals surface area contributed by atoms with Gasteiger partial charge in [0, 0.05) is 61.3 Å². The molecule has 0 saturated carbocycles. The molecule has 10 heteroatoms. The molecule has 178 valence electrons. The van der Waals surface area contributed by atoms with E-state index in [1.807, 2.05) is 37.3 Å². The third-order valence-corrected chi connectivity index (χ3v) is 6.68. The number of hydrogen-bond acceptors (Lipinski definition) is 6. The number of benzene rings is 1. The van der Waals surface area contributed by atoms with Gasteiger partial charge in [0.05, 0.1) is 29.5 Å². The molecule has 0 aliphatic carbocycles. The number of halogens is 3. The van der Waals surface area contributed by atoms with Gasteiger partial charge >= 0.3 is 0 Å². The molecule has 0 bridgehead atoms. The van der Waals surface area contributed by atoms with E-state index in [0.29, 0.717) is 28.8 Å². The first-order valence-electron chi connectivity index (χ1n) is 11.0. The minimum Gasteiger partial charge on any atom is -0.353 e. The first kappa shape index (κ1) is 24.7. The highest BCUT2D eigenvalue weighted by atomic mass is 35.5. The van der Waals surface area contributed by atoms with Gasteiger partial charge in [-0.2, -0.15) is 0 Å². The van der Waals surface area contributed by atoms with Crippen LogP contribution in [0.4, 0.5) is 5.82 Å². The number of rotatable bonds is 7. The summed E-state index contributed by atoms with van der Waals surface area (Å²) in [5.41, 5.74) is 3.07. The van der Waals surface area contributed by atoms with Gasteiger partial charge in [-0.15, -0.1) is 11.6 Å². The van der Waals surface area contributed by atoms with Crippen LogP contribution in [0.25, 0.3) is 22.5 Å². The first-order valence-corrected chi connectivity index (χ1v) is 12.3. The van der Waals surface area contributed by atoms with E-state index in [1.165, 1.54) is 0 Å². The number of likely N-dealkylation sites (N-methyl/N-ethyl adjacent to an activating group) is 1. The Balaban J connectivity index is 1.57. The molecule has 0 unspecified atom stereocenters. The lowest BCUT2D eigenvalue weighted by atomic mass is 10.0. The summed E-state index contributed by atoms with van der Waals surface area (Å²) >= 11 is 18.4. The molecule has 1 fully saturated rings. The summed E-state index contributed by atoms with van der Waals surface area (Å²) in [5, 5.41) is 1.16. The highest BCUT2D eigenvalue weighted by molar-refractivity contribution is 6.33. The lowest BCUT2D eigenvalue weighted by molar-refractivity contribution is -0.131. The van der Waals surface area contributed by atoms with E-state index in [4.69, 9.17) is 44.8 Å². The molecule has 1 aliphatic heterocycles. The quantitative estimate of drug-likeness (QED) is 0.334. The largest absolute Gasteiger partial charge is 0.353 e. The Labute approximate surface area is 214 Å². The zero-order valence-corrected chi connectivity index (χ0v) is 21.1. The third kappa shape index (κ3) is 5.61. The van der Waals surface area contributed by atoms with Crippen molar-refractivity contribution in [3.63, 3.8) is 0 Å². The molecule has 1 amide bonds. The highest BCUT2D eigenvalue weighted by Gasteiger charge is 2.23. The monoisotopic (exact) mass is 518 g/mol. The van der Waals surface area contributed by atoms with Gasteiger partial charge in [0.25, 0.3) is 0 Å². The standard InChI is InChI=1S/C24H25Cl3N6O/c1-2-32(16-25)22(34)15-31-9-11-33(12-10-31)21-14-29-23(17-3-5-18(26)6-4-17)24(30-21)19-7-8-28-13-20(19)27/h3-8,13-14H,2,9-12,15-16H2,1H3. The Kier molecular flexibility index (Phi) is 8.21.